The first kappa shape index (κ1) is 11.7. The van der Waals surface area contributed by atoms with E-state index in [9.17, 15) is 4.79 Å². The van der Waals surface area contributed by atoms with Crippen molar-refractivity contribution in [1.82, 2.24) is 5.32 Å². The fourth-order valence-corrected chi connectivity index (χ4v) is 1.55. The standard InChI is InChI=1S/C12H18N2O/c1-14-12(15)11-8-3-2-6-10(11)7-4-5-9-13/h2-3,6,8H,4-5,7,9,13H2,1H3,(H,14,15). The maximum atomic E-state index is 11.5. The number of nitrogens with one attached hydrogen (secondary N) is 1. The van der Waals surface area contributed by atoms with Crippen molar-refractivity contribution in [3.8, 4) is 0 Å². The molecule has 0 heterocycles. The molecule has 0 spiro atoms. The number of hydrogen-bond donors (Lipinski definition) is 2. The molecule has 0 fully saturated rings. The van der Waals surface area contributed by atoms with E-state index in [4.69, 9.17) is 5.73 Å². The summed E-state index contributed by atoms with van der Waals surface area (Å²) >= 11 is 0. The Kier molecular flexibility index (Phi) is 4.84. The number of hydrogen-bond acceptors (Lipinski definition) is 2. The van der Waals surface area contributed by atoms with Gasteiger partial charge >= 0.3 is 0 Å². The van der Waals surface area contributed by atoms with E-state index in [1.54, 1.807) is 7.05 Å². The van der Waals surface area contributed by atoms with Gasteiger partial charge in [-0.05, 0) is 37.4 Å². The van der Waals surface area contributed by atoms with Gasteiger partial charge in [-0.25, -0.2) is 0 Å². The van der Waals surface area contributed by atoms with E-state index in [2.05, 4.69) is 5.32 Å². The van der Waals surface area contributed by atoms with Gasteiger partial charge in [-0.3, -0.25) is 4.79 Å². The van der Waals surface area contributed by atoms with E-state index in [0.29, 0.717) is 6.54 Å². The van der Waals surface area contributed by atoms with Crippen LogP contribution in [0.2, 0.25) is 0 Å². The zero-order valence-electron chi connectivity index (χ0n) is 9.12. The molecular weight excluding hydrogens is 188 g/mol. The molecule has 3 heteroatoms. The van der Waals surface area contributed by atoms with Crippen molar-refractivity contribution in [3.05, 3.63) is 35.4 Å². The minimum Gasteiger partial charge on any atom is -0.355 e. The van der Waals surface area contributed by atoms with E-state index < -0.39 is 0 Å². The van der Waals surface area contributed by atoms with Gasteiger partial charge in [-0.1, -0.05) is 18.2 Å². The minimum absolute atomic E-state index is 0.0154. The average Bonchev–Trinajstić information content (AvgIpc) is 2.29. The molecule has 0 radical (unpaired) electrons. The molecule has 1 aromatic carbocycles. The van der Waals surface area contributed by atoms with Crippen molar-refractivity contribution < 1.29 is 4.79 Å². The highest BCUT2D eigenvalue weighted by molar-refractivity contribution is 5.95. The van der Waals surface area contributed by atoms with Crippen molar-refractivity contribution in [2.24, 2.45) is 5.73 Å². The Morgan fingerprint density at radius 3 is 2.73 bits per heavy atom. The molecule has 0 atom stereocenters. The predicted molar refractivity (Wildman–Crippen MR) is 61.8 cm³/mol. The highest BCUT2D eigenvalue weighted by Crippen LogP contribution is 2.11. The summed E-state index contributed by atoms with van der Waals surface area (Å²) < 4.78 is 0. The number of benzene rings is 1. The summed E-state index contributed by atoms with van der Waals surface area (Å²) in [7, 11) is 1.65. The van der Waals surface area contributed by atoms with E-state index in [1.807, 2.05) is 24.3 Å². The van der Waals surface area contributed by atoms with Crippen LogP contribution in [0, 0.1) is 0 Å². The van der Waals surface area contributed by atoms with Crippen LogP contribution in [0.15, 0.2) is 24.3 Å². The number of amides is 1. The van der Waals surface area contributed by atoms with Crippen LogP contribution in [0.5, 0.6) is 0 Å². The lowest BCUT2D eigenvalue weighted by Gasteiger charge is -2.07. The van der Waals surface area contributed by atoms with Crippen molar-refractivity contribution in [3.63, 3.8) is 0 Å². The molecule has 82 valence electrons. The summed E-state index contributed by atoms with van der Waals surface area (Å²) in [5.41, 5.74) is 7.31. The maximum Gasteiger partial charge on any atom is 0.251 e. The molecular formula is C12H18N2O. The Hall–Kier alpha value is -1.35. The minimum atomic E-state index is -0.0154. The Balaban J connectivity index is 2.73. The lowest BCUT2D eigenvalue weighted by molar-refractivity contribution is 0.0962. The van der Waals surface area contributed by atoms with Crippen LogP contribution in [0.4, 0.5) is 0 Å². The molecule has 1 rings (SSSR count). The van der Waals surface area contributed by atoms with Crippen molar-refractivity contribution in [2.45, 2.75) is 19.3 Å². The molecule has 0 aliphatic rings. The van der Waals surface area contributed by atoms with Crippen LogP contribution >= 0.6 is 0 Å². The zero-order valence-corrected chi connectivity index (χ0v) is 9.12. The van der Waals surface area contributed by atoms with Gasteiger partial charge < -0.3 is 11.1 Å². The molecule has 15 heavy (non-hydrogen) atoms. The third kappa shape index (κ3) is 3.36. The smallest absolute Gasteiger partial charge is 0.251 e. The van der Waals surface area contributed by atoms with Crippen molar-refractivity contribution in [2.75, 3.05) is 13.6 Å². The molecule has 1 amide bonds. The highest BCUT2D eigenvalue weighted by atomic mass is 16.1. The summed E-state index contributed by atoms with van der Waals surface area (Å²) in [6, 6.07) is 7.71. The van der Waals surface area contributed by atoms with E-state index in [1.165, 1.54) is 0 Å². The fourth-order valence-electron chi connectivity index (χ4n) is 1.55. The van der Waals surface area contributed by atoms with Gasteiger partial charge in [-0.2, -0.15) is 0 Å². The largest absolute Gasteiger partial charge is 0.355 e. The number of carbonyl (C=O) groups is 1. The maximum absolute atomic E-state index is 11.5. The number of rotatable bonds is 5. The van der Waals surface area contributed by atoms with Crippen LogP contribution in [0.3, 0.4) is 0 Å². The molecule has 0 bridgehead atoms. The first-order valence-corrected chi connectivity index (χ1v) is 5.29. The van der Waals surface area contributed by atoms with Gasteiger partial charge in [0.05, 0.1) is 0 Å². The van der Waals surface area contributed by atoms with E-state index in [-0.39, 0.29) is 5.91 Å². The van der Waals surface area contributed by atoms with E-state index >= 15 is 0 Å². The third-order valence-electron chi connectivity index (χ3n) is 2.39. The first-order valence-electron chi connectivity index (χ1n) is 5.29. The summed E-state index contributed by atoms with van der Waals surface area (Å²) in [4.78, 5) is 11.5. The van der Waals surface area contributed by atoms with E-state index in [0.717, 1.165) is 30.4 Å². The van der Waals surface area contributed by atoms with Crippen LogP contribution in [-0.2, 0) is 6.42 Å². The fraction of sp³-hybridized carbons (Fsp3) is 0.417. The van der Waals surface area contributed by atoms with Gasteiger partial charge in [0.25, 0.3) is 5.91 Å². The molecule has 3 nitrogen and oxygen atoms in total. The topological polar surface area (TPSA) is 55.1 Å². The van der Waals surface area contributed by atoms with Gasteiger partial charge in [0.15, 0.2) is 0 Å². The molecule has 0 aliphatic heterocycles. The molecule has 3 N–H and O–H groups in total. The van der Waals surface area contributed by atoms with Crippen LogP contribution in [-0.4, -0.2) is 19.5 Å². The lowest BCUT2D eigenvalue weighted by Crippen LogP contribution is -2.19. The van der Waals surface area contributed by atoms with Gasteiger partial charge in [-0.15, -0.1) is 0 Å². The van der Waals surface area contributed by atoms with Crippen LogP contribution in [0.1, 0.15) is 28.8 Å². The average molecular weight is 206 g/mol. The van der Waals surface area contributed by atoms with Gasteiger partial charge in [0.2, 0.25) is 0 Å². The van der Waals surface area contributed by atoms with Crippen molar-refractivity contribution in [1.29, 1.82) is 0 Å². The zero-order chi connectivity index (χ0) is 11.1. The van der Waals surface area contributed by atoms with Gasteiger partial charge in [0, 0.05) is 12.6 Å². The SMILES string of the molecule is CNC(=O)c1ccccc1CCCCN. The molecule has 0 unspecified atom stereocenters. The van der Waals surface area contributed by atoms with Crippen LogP contribution in [0.25, 0.3) is 0 Å². The quantitative estimate of drug-likeness (QED) is 0.714. The first-order chi connectivity index (χ1) is 7.29. The number of nitrogens with two attached hydrogens (primary N) is 1. The summed E-state index contributed by atoms with van der Waals surface area (Å²) in [5.74, 6) is -0.0154. The number of unbranched alkanes of at least 4 members (excludes halogenated alkanes) is 1. The summed E-state index contributed by atoms with van der Waals surface area (Å²) in [5, 5.41) is 2.65. The highest BCUT2D eigenvalue weighted by Gasteiger charge is 2.07. The summed E-state index contributed by atoms with van der Waals surface area (Å²) in [6.07, 6.45) is 2.95. The monoisotopic (exact) mass is 206 g/mol. The second-order valence-electron chi connectivity index (χ2n) is 3.48. The number of aryl methyl sites for hydroxylation is 1. The van der Waals surface area contributed by atoms with Crippen molar-refractivity contribution >= 4 is 5.91 Å². The summed E-state index contributed by atoms with van der Waals surface area (Å²) in [6.45, 7) is 0.710. The normalized spacial score (nSPS) is 10.0. The second-order valence-corrected chi connectivity index (χ2v) is 3.48. The molecule has 0 aliphatic carbocycles. The third-order valence-corrected chi connectivity index (χ3v) is 2.39. The molecule has 0 saturated heterocycles. The van der Waals surface area contributed by atoms with Gasteiger partial charge in [0.1, 0.15) is 0 Å². The van der Waals surface area contributed by atoms with Crippen LogP contribution < -0.4 is 11.1 Å². The lowest BCUT2D eigenvalue weighted by atomic mass is 10.0. The Morgan fingerprint density at radius 1 is 1.33 bits per heavy atom. The molecule has 0 saturated carbocycles. The Bertz CT molecular complexity index is 323. The molecule has 1 aromatic rings. The Labute approximate surface area is 90.7 Å². The number of carbonyl (C=O) groups excluding carboxylic acids is 1. The predicted octanol–water partition coefficient (Wildman–Crippen LogP) is 1.33. The molecule has 0 aromatic heterocycles. The Morgan fingerprint density at radius 2 is 2.07 bits per heavy atom. The second kappa shape index (κ2) is 6.19.